The lowest BCUT2D eigenvalue weighted by Crippen LogP contribution is -2.05. The smallest absolute Gasteiger partial charge is 0.163 e. The number of sulfone groups is 1. The van der Waals surface area contributed by atoms with Gasteiger partial charge in [0.25, 0.3) is 0 Å². The summed E-state index contributed by atoms with van der Waals surface area (Å²) in [6.07, 6.45) is 5.20. The number of benzene rings is 1. The second-order valence-electron chi connectivity index (χ2n) is 6.16. The van der Waals surface area contributed by atoms with Gasteiger partial charge in [-0.1, -0.05) is 12.1 Å². The number of nitrogens with zero attached hydrogens (tertiary/aromatic N) is 3. The number of aryl methyl sites for hydroxylation is 2. The van der Waals surface area contributed by atoms with Crippen LogP contribution in [0.3, 0.4) is 0 Å². The van der Waals surface area contributed by atoms with E-state index in [0.717, 1.165) is 22.5 Å². The molecular formula is C19H20N4O2S. The number of hydrogen-bond acceptors (Lipinski definition) is 6. The maximum absolute atomic E-state index is 11.3. The molecule has 0 atom stereocenters. The molecule has 0 aliphatic carbocycles. The monoisotopic (exact) mass is 368 g/mol. The summed E-state index contributed by atoms with van der Waals surface area (Å²) in [7, 11) is -2.95. The SMILES string of the molecule is Cc1cc(Nc2ccc(CCS(C)(=O)=O)cc2)nc(-c2cccnc2)n1. The van der Waals surface area contributed by atoms with E-state index in [-0.39, 0.29) is 5.75 Å². The van der Waals surface area contributed by atoms with Crippen molar-refractivity contribution in [3.63, 3.8) is 0 Å². The maximum Gasteiger partial charge on any atom is 0.163 e. The molecule has 2 aromatic heterocycles. The van der Waals surface area contributed by atoms with Crippen molar-refractivity contribution in [2.45, 2.75) is 13.3 Å². The zero-order valence-electron chi connectivity index (χ0n) is 14.7. The van der Waals surface area contributed by atoms with Crippen LogP contribution in [0.15, 0.2) is 54.9 Å². The molecule has 7 heteroatoms. The summed E-state index contributed by atoms with van der Waals surface area (Å²) >= 11 is 0. The first kappa shape index (κ1) is 18.0. The third-order valence-corrected chi connectivity index (χ3v) is 4.71. The van der Waals surface area contributed by atoms with Crippen LogP contribution in [0.1, 0.15) is 11.3 Å². The number of rotatable bonds is 6. The molecule has 1 aromatic carbocycles. The molecule has 0 fully saturated rings. The van der Waals surface area contributed by atoms with Gasteiger partial charge in [0.05, 0.1) is 5.75 Å². The van der Waals surface area contributed by atoms with Gasteiger partial charge < -0.3 is 5.32 Å². The summed E-state index contributed by atoms with van der Waals surface area (Å²) in [5, 5.41) is 3.26. The van der Waals surface area contributed by atoms with E-state index in [1.54, 1.807) is 12.4 Å². The molecule has 0 aliphatic heterocycles. The average molecular weight is 368 g/mol. The number of nitrogens with one attached hydrogen (secondary N) is 1. The molecule has 0 spiro atoms. The molecule has 2 heterocycles. The van der Waals surface area contributed by atoms with Gasteiger partial charge in [-0.3, -0.25) is 4.98 Å². The van der Waals surface area contributed by atoms with Crippen molar-refractivity contribution in [3.8, 4) is 11.4 Å². The lowest BCUT2D eigenvalue weighted by atomic mass is 10.1. The first-order valence-corrected chi connectivity index (χ1v) is 10.2. The fourth-order valence-corrected chi connectivity index (χ4v) is 3.07. The van der Waals surface area contributed by atoms with Crippen LogP contribution in [-0.2, 0) is 16.3 Å². The molecule has 0 radical (unpaired) electrons. The standard InChI is InChI=1S/C19H20N4O2S/c1-14-12-18(23-19(21-14)16-4-3-10-20-13-16)22-17-7-5-15(6-8-17)9-11-26(2,24)25/h3-8,10,12-13H,9,11H2,1-2H3,(H,21,22,23). The molecule has 0 saturated heterocycles. The summed E-state index contributed by atoms with van der Waals surface area (Å²) in [6.45, 7) is 1.92. The Morgan fingerprint density at radius 1 is 1.08 bits per heavy atom. The van der Waals surface area contributed by atoms with Gasteiger partial charge in [0.1, 0.15) is 15.7 Å². The van der Waals surface area contributed by atoms with Gasteiger partial charge in [-0.25, -0.2) is 18.4 Å². The van der Waals surface area contributed by atoms with Gasteiger partial charge in [-0.05, 0) is 43.2 Å². The van der Waals surface area contributed by atoms with E-state index in [2.05, 4.69) is 20.3 Å². The van der Waals surface area contributed by atoms with Crippen LogP contribution in [0, 0.1) is 6.92 Å². The molecule has 0 amide bonds. The Hall–Kier alpha value is -2.80. The zero-order chi connectivity index (χ0) is 18.6. The summed E-state index contributed by atoms with van der Waals surface area (Å²) in [6, 6.07) is 13.3. The number of pyridine rings is 1. The molecule has 3 rings (SSSR count). The minimum absolute atomic E-state index is 0.152. The third kappa shape index (κ3) is 5.10. The van der Waals surface area contributed by atoms with E-state index in [0.29, 0.717) is 18.1 Å². The first-order valence-electron chi connectivity index (χ1n) is 8.19. The van der Waals surface area contributed by atoms with Gasteiger partial charge in [0.15, 0.2) is 5.82 Å². The molecule has 0 unspecified atom stereocenters. The maximum atomic E-state index is 11.3. The Morgan fingerprint density at radius 3 is 2.50 bits per heavy atom. The fraction of sp³-hybridized carbons (Fsp3) is 0.211. The highest BCUT2D eigenvalue weighted by Crippen LogP contribution is 2.20. The Morgan fingerprint density at radius 2 is 1.85 bits per heavy atom. The average Bonchev–Trinajstić information content (AvgIpc) is 2.61. The Labute approximate surface area is 153 Å². The number of aromatic nitrogens is 3. The van der Waals surface area contributed by atoms with Crippen LogP contribution in [0.2, 0.25) is 0 Å². The Bertz CT molecular complexity index is 988. The normalized spacial score (nSPS) is 11.3. The fourth-order valence-electron chi connectivity index (χ4n) is 2.46. The van der Waals surface area contributed by atoms with Gasteiger partial charge >= 0.3 is 0 Å². The molecule has 6 nitrogen and oxygen atoms in total. The van der Waals surface area contributed by atoms with Crippen LogP contribution in [-0.4, -0.2) is 35.4 Å². The van der Waals surface area contributed by atoms with Crippen molar-refractivity contribution in [1.82, 2.24) is 15.0 Å². The predicted octanol–water partition coefficient (Wildman–Crippen LogP) is 3.18. The largest absolute Gasteiger partial charge is 0.340 e. The van der Waals surface area contributed by atoms with Crippen LogP contribution in [0.25, 0.3) is 11.4 Å². The Kier molecular flexibility index (Phi) is 5.27. The van der Waals surface area contributed by atoms with Crippen molar-refractivity contribution in [1.29, 1.82) is 0 Å². The second-order valence-corrected chi connectivity index (χ2v) is 8.42. The Balaban J connectivity index is 1.76. The topological polar surface area (TPSA) is 84.8 Å². The van der Waals surface area contributed by atoms with Crippen LogP contribution >= 0.6 is 0 Å². The van der Waals surface area contributed by atoms with Crippen molar-refractivity contribution in [2.24, 2.45) is 0 Å². The second kappa shape index (κ2) is 7.61. The quantitative estimate of drug-likeness (QED) is 0.719. The van der Waals surface area contributed by atoms with E-state index < -0.39 is 9.84 Å². The van der Waals surface area contributed by atoms with Crippen molar-refractivity contribution in [3.05, 3.63) is 66.1 Å². The highest BCUT2D eigenvalue weighted by Gasteiger charge is 2.06. The van der Waals surface area contributed by atoms with Crippen LogP contribution < -0.4 is 5.32 Å². The summed E-state index contributed by atoms with van der Waals surface area (Å²) in [5.74, 6) is 1.46. The predicted molar refractivity (Wildman–Crippen MR) is 103 cm³/mol. The molecule has 1 N–H and O–H groups in total. The van der Waals surface area contributed by atoms with Crippen molar-refractivity contribution < 1.29 is 8.42 Å². The highest BCUT2D eigenvalue weighted by atomic mass is 32.2. The lowest BCUT2D eigenvalue weighted by Gasteiger charge is -2.09. The van der Waals surface area contributed by atoms with E-state index in [4.69, 9.17) is 0 Å². The summed E-state index contributed by atoms with van der Waals surface area (Å²) in [4.78, 5) is 13.1. The van der Waals surface area contributed by atoms with Gasteiger partial charge in [-0.15, -0.1) is 0 Å². The molecule has 134 valence electrons. The molecule has 0 aliphatic rings. The van der Waals surface area contributed by atoms with Gasteiger partial charge in [0, 0.05) is 41.7 Å². The lowest BCUT2D eigenvalue weighted by molar-refractivity contribution is 0.601. The van der Waals surface area contributed by atoms with Gasteiger partial charge in [0.2, 0.25) is 0 Å². The highest BCUT2D eigenvalue weighted by molar-refractivity contribution is 7.90. The van der Waals surface area contributed by atoms with Crippen LogP contribution in [0.5, 0.6) is 0 Å². The molecule has 26 heavy (non-hydrogen) atoms. The van der Waals surface area contributed by atoms with E-state index in [9.17, 15) is 8.42 Å². The number of hydrogen-bond donors (Lipinski definition) is 1. The van der Waals surface area contributed by atoms with E-state index in [1.807, 2.05) is 49.4 Å². The molecule has 0 bridgehead atoms. The summed E-state index contributed by atoms with van der Waals surface area (Å²) < 4.78 is 22.5. The molecule has 0 saturated carbocycles. The third-order valence-electron chi connectivity index (χ3n) is 3.76. The van der Waals surface area contributed by atoms with E-state index in [1.165, 1.54) is 6.26 Å². The van der Waals surface area contributed by atoms with Crippen molar-refractivity contribution in [2.75, 3.05) is 17.3 Å². The minimum Gasteiger partial charge on any atom is -0.340 e. The minimum atomic E-state index is -2.95. The number of anilines is 2. The zero-order valence-corrected chi connectivity index (χ0v) is 15.5. The van der Waals surface area contributed by atoms with Crippen LogP contribution in [0.4, 0.5) is 11.5 Å². The summed E-state index contributed by atoms with van der Waals surface area (Å²) in [5.41, 5.74) is 3.57. The van der Waals surface area contributed by atoms with E-state index >= 15 is 0 Å². The van der Waals surface area contributed by atoms with Gasteiger partial charge in [-0.2, -0.15) is 0 Å². The first-order chi connectivity index (χ1) is 12.4. The molecule has 3 aromatic rings. The molecular weight excluding hydrogens is 348 g/mol. The van der Waals surface area contributed by atoms with Crippen molar-refractivity contribution >= 4 is 21.3 Å².